The van der Waals surface area contributed by atoms with Crippen molar-refractivity contribution in [3.05, 3.63) is 29.6 Å². The summed E-state index contributed by atoms with van der Waals surface area (Å²) in [5, 5.41) is 16.6. The molecule has 8 heteroatoms. The normalized spacial score (nSPS) is 26.0. The number of nitrogens with zero attached hydrogens (tertiary/aromatic N) is 1. The highest BCUT2D eigenvalue weighted by molar-refractivity contribution is 5.98. The maximum Gasteiger partial charge on any atom is 0.311 e. The van der Waals surface area contributed by atoms with Gasteiger partial charge in [-0.25, -0.2) is 4.39 Å². The van der Waals surface area contributed by atoms with E-state index in [1.54, 1.807) is 4.90 Å². The molecule has 26 heavy (non-hydrogen) atoms. The number of carbonyl (C=O) groups is 3. The van der Waals surface area contributed by atoms with Crippen LogP contribution in [0.25, 0.3) is 0 Å². The Balaban J connectivity index is 0.000000758. The standard InChI is InChI=1S/C17H20FNO4.CH2O2/c1-3-17(16(21)22)9-10-7-8-13(17)19(10)15(20)11-5-4-6-12(18)14(11)23-2;2-1-3/h4-6,10,13H,3,7-9H2,1-2H3,(H,21,22);1H,(H,2,3)/t10-,13+,17+;/m0./s1. The van der Waals surface area contributed by atoms with Crippen LogP contribution in [0.5, 0.6) is 5.75 Å². The van der Waals surface area contributed by atoms with E-state index in [1.807, 2.05) is 6.92 Å². The number of hydrogen-bond donors (Lipinski definition) is 2. The zero-order valence-corrected chi connectivity index (χ0v) is 14.6. The maximum atomic E-state index is 13.9. The Hall–Kier alpha value is -2.64. The highest BCUT2D eigenvalue weighted by Gasteiger charge is 2.60. The van der Waals surface area contributed by atoms with Crippen molar-refractivity contribution < 1.29 is 33.7 Å². The lowest BCUT2D eigenvalue weighted by Crippen LogP contribution is -2.44. The predicted octanol–water partition coefficient (Wildman–Crippen LogP) is 2.39. The number of carbonyl (C=O) groups excluding carboxylic acids is 1. The largest absolute Gasteiger partial charge is 0.493 e. The number of fused-ring (bicyclic) bond motifs is 2. The van der Waals surface area contributed by atoms with E-state index in [9.17, 15) is 19.1 Å². The number of halogens is 1. The molecule has 142 valence electrons. The minimum Gasteiger partial charge on any atom is -0.493 e. The number of ether oxygens (including phenoxy) is 1. The van der Waals surface area contributed by atoms with E-state index in [1.165, 1.54) is 25.3 Å². The molecule has 0 spiro atoms. The molecular weight excluding hydrogens is 345 g/mol. The van der Waals surface area contributed by atoms with Gasteiger partial charge in [-0.05, 0) is 37.8 Å². The molecule has 2 saturated heterocycles. The molecule has 1 aromatic rings. The average molecular weight is 367 g/mol. The third-order valence-electron chi connectivity index (χ3n) is 5.43. The lowest BCUT2D eigenvalue weighted by molar-refractivity contribution is -0.151. The summed E-state index contributed by atoms with van der Waals surface area (Å²) >= 11 is 0. The number of para-hydroxylation sites is 1. The first-order valence-corrected chi connectivity index (χ1v) is 8.34. The van der Waals surface area contributed by atoms with Gasteiger partial charge in [0.05, 0.1) is 18.1 Å². The summed E-state index contributed by atoms with van der Waals surface area (Å²) in [6.45, 7) is 1.60. The van der Waals surface area contributed by atoms with Gasteiger partial charge in [-0.1, -0.05) is 13.0 Å². The smallest absolute Gasteiger partial charge is 0.311 e. The lowest BCUT2D eigenvalue weighted by Gasteiger charge is -2.32. The van der Waals surface area contributed by atoms with E-state index in [0.717, 1.165) is 6.42 Å². The van der Waals surface area contributed by atoms with Crippen molar-refractivity contribution in [2.24, 2.45) is 5.41 Å². The van der Waals surface area contributed by atoms with Crippen LogP contribution >= 0.6 is 0 Å². The highest BCUT2D eigenvalue weighted by Crippen LogP contribution is 2.52. The van der Waals surface area contributed by atoms with Gasteiger partial charge in [0.1, 0.15) is 0 Å². The van der Waals surface area contributed by atoms with Crippen molar-refractivity contribution in [3.63, 3.8) is 0 Å². The zero-order chi connectivity index (χ0) is 19.5. The average Bonchev–Trinajstić information content (AvgIpc) is 3.17. The van der Waals surface area contributed by atoms with Crippen LogP contribution in [0.15, 0.2) is 18.2 Å². The molecule has 1 aromatic carbocycles. The van der Waals surface area contributed by atoms with Gasteiger partial charge in [0.2, 0.25) is 0 Å². The number of carboxylic acids is 1. The molecule has 7 nitrogen and oxygen atoms in total. The number of hydrogen-bond acceptors (Lipinski definition) is 4. The summed E-state index contributed by atoms with van der Waals surface area (Å²) in [4.78, 5) is 34.8. The van der Waals surface area contributed by atoms with Crippen molar-refractivity contribution in [1.82, 2.24) is 4.90 Å². The quantitative estimate of drug-likeness (QED) is 0.792. The van der Waals surface area contributed by atoms with E-state index in [0.29, 0.717) is 19.3 Å². The second kappa shape index (κ2) is 7.72. The van der Waals surface area contributed by atoms with Gasteiger partial charge in [0.15, 0.2) is 11.6 Å². The lowest BCUT2D eigenvalue weighted by atomic mass is 9.72. The fourth-order valence-corrected chi connectivity index (χ4v) is 4.27. The highest BCUT2D eigenvalue weighted by atomic mass is 19.1. The first-order chi connectivity index (χ1) is 12.4. The van der Waals surface area contributed by atoms with E-state index in [-0.39, 0.29) is 35.8 Å². The third-order valence-corrected chi connectivity index (χ3v) is 5.43. The van der Waals surface area contributed by atoms with Crippen LogP contribution < -0.4 is 4.74 Å². The monoisotopic (exact) mass is 367 g/mol. The number of amides is 1. The molecule has 0 saturated carbocycles. The molecule has 0 aromatic heterocycles. The Morgan fingerprint density at radius 2 is 2.08 bits per heavy atom. The zero-order valence-electron chi connectivity index (χ0n) is 14.6. The van der Waals surface area contributed by atoms with Gasteiger partial charge < -0.3 is 19.8 Å². The molecule has 0 radical (unpaired) electrons. The van der Waals surface area contributed by atoms with Gasteiger partial charge in [-0.15, -0.1) is 0 Å². The van der Waals surface area contributed by atoms with Crippen LogP contribution in [0.2, 0.25) is 0 Å². The number of benzene rings is 1. The van der Waals surface area contributed by atoms with Gasteiger partial charge >= 0.3 is 5.97 Å². The Kier molecular flexibility index (Phi) is 5.84. The van der Waals surface area contributed by atoms with Crippen LogP contribution in [-0.2, 0) is 9.59 Å². The van der Waals surface area contributed by atoms with E-state index in [4.69, 9.17) is 14.6 Å². The molecule has 1 amide bonds. The Morgan fingerprint density at radius 1 is 1.42 bits per heavy atom. The Labute approximate surface area is 150 Å². The first-order valence-electron chi connectivity index (χ1n) is 8.34. The van der Waals surface area contributed by atoms with Crippen LogP contribution in [-0.4, -0.2) is 52.7 Å². The molecule has 2 fully saturated rings. The van der Waals surface area contributed by atoms with Crippen LogP contribution in [0.3, 0.4) is 0 Å². The van der Waals surface area contributed by atoms with Crippen LogP contribution in [0, 0.1) is 11.2 Å². The summed E-state index contributed by atoms with van der Waals surface area (Å²) in [6.07, 6.45) is 2.41. The number of aliphatic carboxylic acids is 1. The fourth-order valence-electron chi connectivity index (χ4n) is 4.27. The summed E-state index contributed by atoms with van der Waals surface area (Å²) < 4.78 is 18.9. The van der Waals surface area contributed by atoms with Crippen molar-refractivity contribution in [1.29, 1.82) is 0 Å². The SMILES string of the molecule is CC[C@@]1(C(=O)O)C[C@@H]2CC[C@H]1N2C(=O)c1cccc(F)c1OC.O=CO. The summed E-state index contributed by atoms with van der Waals surface area (Å²) in [5.74, 6) is -1.87. The van der Waals surface area contributed by atoms with E-state index in [2.05, 4.69) is 0 Å². The second-order valence-electron chi connectivity index (χ2n) is 6.40. The maximum absolute atomic E-state index is 13.9. The summed E-state index contributed by atoms with van der Waals surface area (Å²) in [6, 6.07) is 3.79. The Bertz CT molecular complexity index is 709. The van der Waals surface area contributed by atoms with E-state index < -0.39 is 17.2 Å². The minimum absolute atomic E-state index is 0.0822. The molecule has 2 aliphatic rings. The number of carboxylic acid groups (broad SMARTS) is 2. The Morgan fingerprint density at radius 3 is 2.58 bits per heavy atom. The van der Waals surface area contributed by atoms with E-state index >= 15 is 0 Å². The molecular formula is C18H22FNO6. The number of methoxy groups -OCH3 is 1. The summed E-state index contributed by atoms with van der Waals surface area (Å²) in [7, 11) is 1.32. The molecule has 0 aliphatic carbocycles. The van der Waals surface area contributed by atoms with Crippen molar-refractivity contribution in [3.8, 4) is 5.75 Å². The van der Waals surface area contributed by atoms with Crippen molar-refractivity contribution in [2.45, 2.75) is 44.7 Å². The summed E-state index contributed by atoms with van der Waals surface area (Å²) in [5.41, 5.74) is -0.735. The molecule has 2 heterocycles. The van der Waals surface area contributed by atoms with Gasteiger partial charge in [0.25, 0.3) is 12.4 Å². The van der Waals surface area contributed by atoms with Crippen LogP contribution in [0.4, 0.5) is 4.39 Å². The van der Waals surface area contributed by atoms with Gasteiger partial charge in [-0.3, -0.25) is 14.4 Å². The minimum atomic E-state index is -0.890. The van der Waals surface area contributed by atoms with Crippen LogP contribution in [0.1, 0.15) is 43.0 Å². The van der Waals surface area contributed by atoms with Gasteiger partial charge in [0, 0.05) is 12.1 Å². The third kappa shape index (κ3) is 3.00. The van der Waals surface area contributed by atoms with Crippen molar-refractivity contribution >= 4 is 18.3 Å². The molecule has 3 atom stereocenters. The van der Waals surface area contributed by atoms with Gasteiger partial charge in [-0.2, -0.15) is 0 Å². The second-order valence-corrected chi connectivity index (χ2v) is 6.40. The molecule has 2 N–H and O–H groups in total. The molecule has 3 rings (SSSR count). The molecule has 2 aliphatic heterocycles. The predicted molar refractivity (Wildman–Crippen MR) is 89.6 cm³/mol. The molecule has 2 bridgehead atoms. The molecule has 0 unspecified atom stereocenters. The van der Waals surface area contributed by atoms with Crippen molar-refractivity contribution in [2.75, 3.05) is 7.11 Å². The topological polar surface area (TPSA) is 104 Å². The number of rotatable bonds is 4. The first kappa shape index (κ1) is 19.7. The fraction of sp³-hybridized carbons (Fsp3) is 0.500.